The van der Waals surface area contributed by atoms with E-state index in [0.29, 0.717) is 105 Å². The van der Waals surface area contributed by atoms with Crippen molar-refractivity contribution in [3.8, 4) is 0 Å². The maximum absolute atomic E-state index is 14.0. The van der Waals surface area contributed by atoms with E-state index in [-0.39, 0.29) is 41.9 Å². The maximum Gasteiger partial charge on any atom is 0.494 e. The summed E-state index contributed by atoms with van der Waals surface area (Å²) in [7, 11) is -8.23. The zero-order valence-corrected chi connectivity index (χ0v) is 47.2. The quantitative estimate of drug-likeness (QED) is 0.0504. The number of aromatic amines is 2. The van der Waals surface area contributed by atoms with Crippen molar-refractivity contribution < 1.29 is 35.7 Å². The highest BCUT2D eigenvalue weighted by Gasteiger charge is 2.56. The number of hydrogen-bond acceptors (Lipinski definition) is 10. The number of Topliss-reactive ketones (excluding diaryl/α,β-unsaturated/α-hetero) is 2. The molecule has 4 aromatic heterocycles. The number of carbonyl (C=O) groups is 2. The van der Waals surface area contributed by atoms with Crippen molar-refractivity contribution in [1.82, 2.24) is 17.9 Å². The van der Waals surface area contributed by atoms with Gasteiger partial charge in [0.05, 0.1) is 31.7 Å². The molecule has 0 amide bonds. The molecule has 74 heavy (non-hydrogen) atoms. The Balaban J connectivity index is 0.000000202. The van der Waals surface area contributed by atoms with E-state index in [1.165, 1.54) is 7.94 Å². The third-order valence-electron chi connectivity index (χ3n) is 15.7. The summed E-state index contributed by atoms with van der Waals surface area (Å²) in [5.41, 5.74) is 6.55. The molecule has 2 aliphatic carbocycles. The molecule has 3 fully saturated rings. The van der Waals surface area contributed by atoms with Gasteiger partial charge in [-0.25, -0.2) is 24.8 Å². The van der Waals surface area contributed by atoms with Gasteiger partial charge in [0.25, 0.3) is 11.1 Å². The molecular weight excluding hydrogens is 1040 g/mol. The van der Waals surface area contributed by atoms with Crippen LogP contribution in [0.5, 0.6) is 0 Å². The summed E-state index contributed by atoms with van der Waals surface area (Å²) in [6.07, 6.45) is 10.4. The van der Waals surface area contributed by atoms with Gasteiger partial charge in [-0.1, -0.05) is 34.1 Å². The molecule has 0 spiro atoms. The topological polar surface area (TPSA) is 196 Å². The molecule has 9 rings (SSSR count). The van der Waals surface area contributed by atoms with Gasteiger partial charge in [-0.05, 0) is 179 Å². The van der Waals surface area contributed by atoms with E-state index < -0.39 is 47.9 Å². The normalized spacial score (nSPS) is 17.3. The number of aromatic nitrogens is 4. The number of H-pyrrole nitrogens is 2. The van der Waals surface area contributed by atoms with Gasteiger partial charge in [-0.15, -0.1) is 13.2 Å². The van der Waals surface area contributed by atoms with Gasteiger partial charge in [0.15, 0.2) is 11.6 Å². The van der Waals surface area contributed by atoms with E-state index >= 15 is 0 Å². The molecular formula is C56H66BBrN4O10S2. The number of ketones is 2. The van der Waals surface area contributed by atoms with Gasteiger partial charge in [0.2, 0.25) is 20.0 Å². The fourth-order valence-electron chi connectivity index (χ4n) is 10.5. The van der Waals surface area contributed by atoms with Crippen LogP contribution < -0.4 is 16.6 Å². The summed E-state index contributed by atoms with van der Waals surface area (Å²) < 4.78 is 69.2. The van der Waals surface area contributed by atoms with Crippen molar-refractivity contribution in [3.05, 3.63) is 155 Å². The minimum atomic E-state index is -3.79. The van der Waals surface area contributed by atoms with Crippen molar-refractivity contribution in [3.63, 3.8) is 0 Å². The fraction of sp³-hybridized carbons (Fsp3) is 0.429. The van der Waals surface area contributed by atoms with Crippen LogP contribution in [0, 0.1) is 41.5 Å². The van der Waals surface area contributed by atoms with Crippen molar-refractivity contribution in [2.75, 3.05) is 0 Å². The van der Waals surface area contributed by atoms with Crippen LogP contribution in [0.3, 0.4) is 0 Å². The Morgan fingerprint density at radius 3 is 1.41 bits per heavy atom. The van der Waals surface area contributed by atoms with E-state index in [1.54, 1.807) is 48.8 Å². The predicted octanol–water partition coefficient (Wildman–Crippen LogP) is 9.78. The number of benzene rings is 2. The lowest BCUT2D eigenvalue weighted by molar-refractivity contribution is 0.00578. The number of aryl methyl sites for hydroxylation is 6. The molecule has 0 atom stereocenters. The van der Waals surface area contributed by atoms with Crippen LogP contribution in [0.2, 0.25) is 0 Å². The van der Waals surface area contributed by atoms with E-state index in [4.69, 9.17) is 9.31 Å². The molecule has 2 saturated carbocycles. The summed E-state index contributed by atoms with van der Waals surface area (Å²) in [5.74, 6) is -0.315. The number of nitrogens with zero attached hydrogens (tertiary/aromatic N) is 2. The van der Waals surface area contributed by atoms with E-state index in [2.05, 4.69) is 39.1 Å². The Labute approximate surface area is 442 Å². The molecule has 18 heteroatoms. The molecule has 1 saturated heterocycles. The molecule has 392 valence electrons. The lowest BCUT2D eigenvalue weighted by atomic mass is 9.77. The first-order valence-electron chi connectivity index (χ1n) is 25.0. The second kappa shape index (κ2) is 19.6. The smallest absolute Gasteiger partial charge is 0.399 e. The van der Waals surface area contributed by atoms with E-state index in [1.807, 2.05) is 81.4 Å². The third-order valence-corrected chi connectivity index (χ3v) is 21.1. The first-order valence-corrected chi connectivity index (χ1v) is 28.7. The standard InChI is InChI=1S/C31H39BN2O6S.C25H27BrN2O4S/c1-9-12-31(13-14-31)41(37,38)34-18-20(3)27-24(26(35)11-10-23-19(2)15-21(4)33-28(23)36)16-22(17-25(27)34)32-39-29(5,6)30(7,8)40-32;1-5-8-25(9-10-25)33(31,32)28-14-16(3)23-20(12-18(26)13-21(23)28)22(29)7-6-19-15(2)11-17(4)27-24(19)30/h9,15-18H,1,10-14H2,2-8H3,(H,33,36);5,11-14H,1,6-10H2,2-4H3,(H,27,30). The van der Waals surface area contributed by atoms with Crippen LogP contribution in [0.25, 0.3) is 21.8 Å². The lowest BCUT2D eigenvalue weighted by Gasteiger charge is -2.32. The first-order chi connectivity index (χ1) is 34.5. The van der Waals surface area contributed by atoms with Gasteiger partial charge in [0, 0.05) is 74.1 Å². The van der Waals surface area contributed by atoms with Gasteiger partial charge >= 0.3 is 7.12 Å². The zero-order chi connectivity index (χ0) is 54.2. The van der Waals surface area contributed by atoms with Crippen LogP contribution in [0.15, 0.2) is 88.2 Å². The van der Waals surface area contributed by atoms with E-state index in [9.17, 15) is 36.0 Å². The fourth-order valence-corrected chi connectivity index (χ4v) is 15.1. The van der Waals surface area contributed by atoms with Crippen LogP contribution >= 0.6 is 15.9 Å². The Kier molecular flexibility index (Phi) is 14.6. The highest BCUT2D eigenvalue weighted by Crippen LogP contribution is 2.50. The average molecular weight is 1110 g/mol. The number of halogens is 1. The maximum atomic E-state index is 14.0. The second-order valence-electron chi connectivity index (χ2n) is 21.7. The van der Waals surface area contributed by atoms with Crippen LogP contribution in [-0.2, 0) is 42.2 Å². The highest BCUT2D eigenvalue weighted by atomic mass is 79.9. The average Bonchev–Trinajstić information content (AvgIpc) is 4.20. The third kappa shape index (κ3) is 9.73. The van der Waals surface area contributed by atoms with Crippen LogP contribution in [0.4, 0.5) is 0 Å². The number of hydrogen-bond donors (Lipinski definition) is 2. The molecule has 1 aliphatic heterocycles. The highest BCUT2D eigenvalue weighted by molar-refractivity contribution is 9.10. The second-order valence-corrected chi connectivity index (χ2v) is 27.0. The van der Waals surface area contributed by atoms with Gasteiger partial charge in [-0.2, -0.15) is 0 Å². The Bertz CT molecular complexity index is 3670. The Morgan fingerprint density at radius 2 is 1.03 bits per heavy atom. The SMILES string of the molecule is C=CCC1(S(=O)(=O)n2cc(C)c3c(C(=O)CCc4c(C)cc(C)[nH]c4=O)cc(B4OC(C)(C)C(C)(C)O4)cc32)CC1.C=CCC1(S(=O)(=O)n2cc(C)c3c(C(=O)CCc4c(C)cc(C)[nH]c4=O)cc(Br)cc32)CC1. The van der Waals surface area contributed by atoms with Gasteiger partial charge in [-0.3, -0.25) is 19.2 Å². The summed E-state index contributed by atoms with van der Waals surface area (Å²) in [4.78, 5) is 57.8. The number of allylic oxidation sites excluding steroid dienone is 2. The largest absolute Gasteiger partial charge is 0.494 e. The number of nitrogens with one attached hydrogen (secondary N) is 2. The minimum Gasteiger partial charge on any atom is -0.399 e. The molecule has 14 nitrogen and oxygen atoms in total. The predicted molar refractivity (Wildman–Crippen MR) is 297 cm³/mol. The van der Waals surface area contributed by atoms with Crippen LogP contribution in [-0.4, -0.2) is 74.1 Å². The molecule has 2 aromatic carbocycles. The van der Waals surface area contributed by atoms with Crippen molar-refractivity contribution in [2.45, 2.75) is 154 Å². The molecule has 0 bridgehead atoms. The summed E-state index contributed by atoms with van der Waals surface area (Å²) in [6.45, 7) is 26.3. The summed E-state index contributed by atoms with van der Waals surface area (Å²) in [5, 5.41) is 1.22. The van der Waals surface area contributed by atoms with Crippen molar-refractivity contribution in [2.24, 2.45) is 0 Å². The monoisotopic (exact) mass is 1110 g/mol. The van der Waals surface area contributed by atoms with Gasteiger partial charge < -0.3 is 19.3 Å². The van der Waals surface area contributed by atoms with Crippen LogP contribution in [0.1, 0.15) is 145 Å². The number of rotatable bonds is 17. The number of pyridine rings is 2. The molecule has 5 heterocycles. The zero-order valence-electron chi connectivity index (χ0n) is 44.0. The molecule has 0 unspecified atom stereocenters. The lowest BCUT2D eigenvalue weighted by Crippen LogP contribution is -2.41. The molecule has 3 aliphatic rings. The van der Waals surface area contributed by atoms with E-state index in [0.717, 1.165) is 28.1 Å². The Morgan fingerprint density at radius 1 is 0.635 bits per heavy atom. The summed E-state index contributed by atoms with van der Waals surface area (Å²) in [6, 6.07) is 10.8. The van der Waals surface area contributed by atoms with Crippen molar-refractivity contribution in [1.29, 1.82) is 0 Å². The summed E-state index contributed by atoms with van der Waals surface area (Å²) >= 11 is 3.45. The van der Waals surface area contributed by atoms with Crippen molar-refractivity contribution >= 4 is 81.9 Å². The number of carbonyl (C=O) groups excluding carboxylic acids is 2. The molecule has 0 radical (unpaired) electrons. The molecule has 6 aromatic rings. The first kappa shape index (κ1) is 54.9. The van der Waals surface area contributed by atoms with Gasteiger partial charge in [0.1, 0.15) is 0 Å². The number of fused-ring (bicyclic) bond motifs is 2. The molecule has 2 N–H and O–H groups in total. The minimum absolute atomic E-state index is 0.0900. The Hall–Kier alpha value is -5.40.